The van der Waals surface area contributed by atoms with Gasteiger partial charge in [0.15, 0.2) is 11.5 Å². The van der Waals surface area contributed by atoms with Crippen molar-refractivity contribution in [1.29, 1.82) is 0 Å². The Hall–Kier alpha value is -1.46. The molecule has 1 fully saturated rings. The molecule has 1 N–H and O–H groups in total. The molecule has 0 spiro atoms. The van der Waals surface area contributed by atoms with Crippen LogP contribution in [-0.4, -0.2) is 49.1 Å². The zero-order chi connectivity index (χ0) is 14.7. The second kappa shape index (κ2) is 6.54. The van der Waals surface area contributed by atoms with Crippen LogP contribution in [0.5, 0.6) is 17.2 Å². The summed E-state index contributed by atoms with van der Waals surface area (Å²) < 4.78 is 16.2. The molecule has 0 aromatic heterocycles. The van der Waals surface area contributed by atoms with Gasteiger partial charge in [0.1, 0.15) is 18.5 Å². The number of likely N-dealkylation sites (tertiary alicyclic amines) is 1. The largest absolute Gasteiger partial charge is 0.491 e. The Kier molecular flexibility index (Phi) is 4.51. The molecule has 2 aliphatic rings. The Morgan fingerprint density at radius 1 is 1.38 bits per heavy atom. The quantitative estimate of drug-likeness (QED) is 0.898. The van der Waals surface area contributed by atoms with Crippen LogP contribution in [0.25, 0.3) is 0 Å². The van der Waals surface area contributed by atoms with Crippen LogP contribution in [0.1, 0.15) is 19.8 Å². The fourth-order valence-corrected chi connectivity index (χ4v) is 2.96. The van der Waals surface area contributed by atoms with Crippen molar-refractivity contribution in [1.82, 2.24) is 4.90 Å². The molecule has 1 aromatic rings. The van der Waals surface area contributed by atoms with Gasteiger partial charge in [-0.05, 0) is 37.4 Å². The molecule has 0 saturated carbocycles. The summed E-state index contributed by atoms with van der Waals surface area (Å²) in [7, 11) is 0. The van der Waals surface area contributed by atoms with E-state index < -0.39 is 6.10 Å². The summed E-state index contributed by atoms with van der Waals surface area (Å²) in [5.74, 6) is 2.86. The maximum atomic E-state index is 10.1. The molecule has 3 rings (SSSR count). The third kappa shape index (κ3) is 3.80. The summed E-state index contributed by atoms with van der Waals surface area (Å²) in [6.07, 6.45) is 2.04. The van der Waals surface area contributed by atoms with Crippen LogP contribution < -0.4 is 14.2 Å². The average molecular weight is 293 g/mol. The Labute approximate surface area is 125 Å². The second-order valence-electron chi connectivity index (χ2n) is 5.99. The molecule has 0 bridgehead atoms. The Morgan fingerprint density at radius 3 is 3.10 bits per heavy atom. The van der Waals surface area contributed by atoms with Crippen LogP contribution in [0, 0.1) is 5.92 Å². The molecule has 2 aliphatic heterocycles. The van der Waals surface area contributed by atoms with E-state index >= 15 is 0 Å². The molecule has 1 saturated heterocycles. The standard InChI is InChI=1S/C16H23NO4/c1-12-3-2-6-17(8-12)9-13(18)10-19-14-4-5-15-16(7-14)21-11-20-15/h4-5,7,12-13,18H,2-3,6,8-11H2,1H3/t12-,13-/m1/s1. The molecule has 2 heterocycles. The van der Waals surface area contributed by atoms with E-state index in [-0.39, 0.29) is 6.79 Å². The zero-order valence-corrected chi connectivity index (χ0v) is 12.5. The maximum absolute atomic E-state index is 10.1. The lowest BCUT2D eigenvalue weighted by molar-refractivity contribution is 0.0536. The van der Waals surface area contributed by atoms with Crippen molar-refractivity contribution in [3.05, 3.63) is 18.2 Å². The van der Waals surface area contributed by atoms with Crippen LogP contribution in [0.3, 0.4) is 0 Å². The van der Waals surface area contributed by atoms with E-state index in [2.05, 4.69) is 11.8 Å². The van der Waals surface area contributed by atoms with Crippen LogP contribution >= 0.6 is 0 Å². The molecule has 2 atom stereocenters. The minimum Gasteiger partial charge on any atom is -0.491 e. The first-order valence-corrected chi connectivity index (χ1v) is 7.63. The number of aliphatic hydroxyl groups is 1. The Morgan fingerprint density at radius 2 is 2.24 bits per heavy atom. The number of rotatable bonds is 5. The predicted octanol–water partition coefficient (Wildman–Crippen LogP) is 1.89. The molecular weight excluding hydrogens is 270 g/mol. The van der Waals surface area contributed by atoms with Crippen molar-refractivity contribution in [2.75, 3.05) is 33.0 Å². The van der Waals surface area contributed by atoms with Crippen LogP contribution in [0.4, 0.5) is 0 Å². The summed E-state index contributed by atoms with van der Waals surface area (Å²) >= 11 is 0. The summed E-state index contributed by atoms with van der Waals surface area (Å²) in [5.41, 5.74) is 0. The Balaban J connectivity index is 1.46. The van der Waals surface area contributed by atoms with Gasteiger partial charge in [-0.2, -0.15) is 0 Å². The van der Waals surface area contributed by atoms with Gasteiger partial charge in [0.25, 0.3) is 0 Å². The summed E-state index contributed by atoms with van der Waals surface area (Å²) in [6.45, 7) is 5.64. The molecule has 0 amide bonds. The van der Waals surface area contributed by atoms with Crippen LogP contribution in [0.15, 0.2) is 18.2 Å². The lowest BCUT2D eigenvalue weighted by Gasteiger charge is -2.32. The minimum absolute atomic E-state index is 0.258. The highest BCUT2D eigenvalue weighted by molar-refractivity contribution is 5.46. The van der Waals surface area contributed by atoms with E-state index in [0.717, 1.165) is 24.8 Å². The van der Waals surface area contributed by atoms with Gasteiger partial charge in [-0.3, -0.25) is 0 Å². The highest BCUT2D eigenvalue weighted by Gasteiger charge is 2.19. The number of fused-ring (bicyclic) bond motifs is 1. The van der Waals surface area contributed by atoms with E-state index in [1.807, 2.05) is 12.1 Å². The fourth-order valence-electron chi connectivity index (χ4n) is 2.96. The number of hydrogen-bond acceptors (Lipinski definition) is 5. The molecule has 0 aliphatic carbocycles. The lowest BCUT2D eigenvalue weighted by atomic mass is 10.0. The van der Waals surface area contributed by atoms with E-state index in [9.17, 15) is 5.11 Å². The lowest BCUT2D eigenvalue weighted by Crippen LogP contribution is -2.41. The van der Waals surface area contributed by atoms with Gasteiger partial charge in [-0.15, -0.1) is 0 Å². The van der Waals surface area contributed by atoms with Crippen molar-refractivity contribution in [3.8, 4) is 17.2 Å². The first kappa shape index (κ1) is 14.5. The summed E-state index contributed by atoms with van der Waals surface area (Å²) in [5, 5.41) is 10.1. The number of benzene rings is 1. The first-order valence-electron chi connectivity index (χ1n) is 7.63. The molecule has 0 radical (unpaired) electrons. The van der Waals surface area contributed by atoms with Crippen molar-refractivity contribution < 1.29 is 19.3 Å². The normalized spacial score (nSPS) is 23.0. The average Bonchev–Trinajstić information content (AvgIpc) is 2.92. The number of nitrogens with zero attached hydrogens (tertiary/aromatic N) is 1. The zero-order valence-electron chi connectivity index (χ0n) is 12.5. The highest BCUT2D eigenvalue weighted by Crippen LogP contribution is 2.35. The fraction of sp³-hybridized carbons (Fsp3) is 0.625. The van der Waals surface area contributed by atoms with Crippen molar-refractivity contribution in [2.45, 2.75) is 25.9 Å². The number of ether oxygens (including phenoxy) is 3. The number of β-amino-alcohol motifs (C(OH)–C–C–N with tert-alkyl or cyclic N) is 1. The molecular formula is C16H23NO4. The van der Waals surface area contributed by atoms with Crippen molar-refractivity contribution in [3.63, 3.8) is 0 Å². The predicted molar refractivity (Wildman–Crippen MR) is 78.9 cm³/mol. The Bertz CT molecular complexity index is 479. The number of hydrogen-bond donors (Lipinski definition) is 1. The summed E-state index contributed by atoms with van der Waals surface area (Å²) in [6, 6.07) is 5.47. The van der Waals surface area contributed by atoms with Crippen molar-refractivity contribution >= 4 is 0 Å². The van der Waals surface area contributed by atoms with E-state index in [4.69, 9.17) is 14.2 Å². The van der Waals surface area contributed by atoms with Gasteiger partial charge in [-0.1, -0.05) is 6.92 Å². The third-order valence-corrected chi connectivity index (χ3v) is 4.00. The minimum atomic E-state index is -0.472. The second-order valence-corrected chi connectivity index (χ2v) is 5.99. The van der Waals surface area contributed by atoms with Crippen LogP contribution in [-0.2, 0) is 0 Å². The smallest absolute Gasteiger partial charge is 0.231 e. The molecule has 1 aromatic carbocycles. The van der Waals surface area contributed by atoms with Gasteiger partial charge in [0, 0.05) is 19.2 Å². The monoisotopic (exact) mass is 293 g/mol. The van der Waals surface area contributed by atoms with E-state index in [1.165, 1.54) is 12.8 Å². The maximum Gasteiger partial charge on any atom is 0.231 e. The van der Waals surface area contributed by atoms with E-state index in [1.54, 1.807) is 6.07 Å². The molecule has 116 valence electrons. The van der Waals surface area contributed by atoms with Gasteiger partial charge >= 0.3 is 0 Å². The van der Waals surface area contributed by atoms with Crippen LogP contribution in [0.2, 0.25) is 0 Å². The molecule has 5 nitrogen and oxygen atoms in total. The molecule has 5 heteroatoms. The highest BCUT2D eigenvalue weighted by atomic mass is 16.7. The van der Waals surface area contributed by atoms with Gasteiger partial charge < -0.3 is 24.2 Å². The SMILES string of the molecule is C[C@@H]1CCCN(C[C@@H](O)COc2ccc3c(c2)OCO3)C1. The summed E-state index contributed by atoms with van der Waals surface area (Å²) in [4.78, 5) is 2.32. The molecule has 0 unspecified atom stereocenters. The third-order valence-electron chi connectivity index (χ3n) is 4.00. The van der Waals surface area contributed by atoms with E-state index in [0.29, 0.717) is 24.7 Å². The van der Waals surface area contributed by atoms with Gasteiger partial charge in [0.05, 0.1) is 0 Å². The van der Waals surface area contributed by atoms with Gasteiger partial charge in [0.2, 0.25) is 6.79 Å². The van der Waals surface area contributed by atoms with Crippen molar-refractivity contribution in [2.24, 2.45) is 5.92 Å². The van der Waals surface area contributed by atoms with Gasteiger partial charge in [-0.25, -0.2) is 0 Å². The molecule has 21 heavy (non-hydrogen) atoms. The number of piperidine rings is 1. The number of aliphatic hydroxyl groups excluding tert-OH is 1. The topological polar surface area (TPSA) is 51.2 Å². The first-order chi connectivity index (χ1) is 10.2.